The number of hydrogen-bond acceptors (Lipinski definition) is 3. The van der Waals surface area contributed by atoms with Gasteiger partial charge in [-0.2, -0.15) is 0 Å². The Morgan fingerprint density at radius 2 is 1.76 bits per heavy atom. The van der Waals surface area contributed by atoms with Crippen molar-refractivity contribution in [2.75, 3.05) is 0 Å². The van der Waals surface area contributed by atoms with Crippen LogP contribution in [-0.2, 0) is 13.9 Å². The van der Waals surface area contributed by atoms with Crippen LogP contribution in [0.15, 0.2) is 11.6 Å². The molecule has 6 heteroatoms. The van der Waals surface area contributed by atoms with E-state index in [1.807, 2.05) is 13.0 Å². The summed E-state index contributed by atoms with van der Waals surface area (Å²) in [6, 6.07) is 0. The number of phosphoric ester groups is 1. The summed E-state index contributed by atoms with van der Waals surface area (Å²) < 4.78 is 16.8. The maximum absolute atomic E-state index is 13.7. The third kappa shape index (κ3) is 5.09. The molecule has 4 rings (SSSR count). The smallest absolute Gasteiger partial charge is 0.303 e. The molecular formula is C31H53O5P. The van der Waals surface area contributed by atoms with E-state index in [0.717, 1.165) is 19.3 Å². The normalized spacial score (nSPS) is 43.9. The van der Waals surface area contributed by atoms with E-state index in [1.165, 1.54) is 31.3 Å². The highest BCUT2D eigenvalue weighted by atomic mass is 31.2. The molecule has 4 aliphatic carbocycles. The lowest BCUT2D eigenvalue weighted by Crippen LogP contribution is -2.57. The number of allylic oxidation sites excluding steroid dienone is 2. The first-order valence-corrected chi connectivity index (χ1v) is 16.4. The van der Waals surface area contributed by atoms with Crippen LogP contribution in [0.1, 0.15) is 114 Å². The molecule has 0 bridgehead atoms. The molecule has 37 heavy (non-hydrogen) atoms. The third-order valence-corrected chi connectivity index (χ3v) is 12.8. The molecule has 3 saturated carbocycles. The topological polar surface area (TPSA) is 83.8 Å². The van der Waals surface area contributed by atoms with Gasteiger partial charge in [-0.1, -0.05) is 67.9 Å². The Labute approximate surface area is 225 Å². The zero-order chi connectivity index (χ0) is 27.8. The predicted octanol–water partition coefficient (Wildman–Crippen LogP) is 7.96. The second kappa shape index (κ2) is 9.57. The standard InChI is InChI=1S/C31H53O5P/c1-19(10-13-28(4,5)6)21(3)22-11-14-31(9)24-16-26(32)25-17-27(36-37(33,34)35)20(2)18-29(25,7)23(24)12-15-30(22,31)8/h16,19-23,25,27H,10-15,17-18H2,1-9H3,(H2,33,34,35)/t19-,20+,21-,22-,23?,25+,27-,29-,30-,31+/m1/s1. The quantitative estimate of drug-likeness (QED) is 0.337. The summed E-state index contributed by atoms with van der Waals surface area (Å²) in [5.74, 6) is 2.31. The van der Waals surface area contributed by atoms with E-state index >= 15 is 0 Å². The van der Waals surface area contributed by atoms with Crippen molar-refractivity contribution in [1.29, 1.82) is 0 Å². The van der Waals surface area contributed by atoms with E-state index in [1.54, 1.807) is 0 Å². The molecule has 0 aromatic heterocycles. The Balaban J connectivity index is 1.61. The fraction of sp³-hybridized carbons (Fsp3) is 0.903. The van der Waals surface area contributed by atoms with Gasteiger partial charge in [-0.15, -0.1) is 0 Å². The number of hydrogen-bond donors (Lipinski definition) is 2. The Hall–Kier alpha value is -0.480. The first-order chi connectivity index (χ1) is 16.8. The summed E-state index contributed by atoms with van der Waals surface area (Å²) in [4.78, 5) is 32.6. The zero-order valence-electron chi connectivity index (χ0n) is 24.8. The van der Waals surface area contributed by atoms with E-state index < -0.39 is 13.9 Å². The molecule has 0 saturated heterocycles. The van der Waals surface area contributed by atoms with Crippen LogP contribution in [0.3, 0.4) is 0 Å². The summed E-state index contributed by atoms with van der Waals surface area (Å²) >= 11 is 0. The van der Waals surface area contributed by atoms with Crippen molar-refractivity contribution in [3.63, 3.8) is 0 Å². The van der Waals surface area contributed by atoms with Crippen LogP contribution in [0.4, 0.5) is 0 Å². The molecular weight excluding hydrogens is 483 g/mol. The summed E-state index contributed by atoms with van der Waals surface area (Å²) in [7, 11) is -4.59. The zero-order valence-corrected chi connectivity index (χ0v) is 25.7. The highest BCUT2D eigenvalue weighted by Crippen LogP contribution is 2.72. The molecule has 0 aromatic rings. The van der Waals surface area contributed by atoms with Crippen LogP contribution >= 0.6 is 7.82 Å². The van der Waals surface area contributed by atoms with Crippen molar-refractivity contribution in [2.45, 2.75) is 120 Å². The van der Waals surface area contributed by atoms with Crippen molar-refractivity contribution < 1.29 is 23.7 Å². The molecule has 3 fully saturated rings. The lowest BCUT2D eigenvalue weighted by Gasteiger charge is -2.61. The first kappa shape index (κ1) is 29.5. The minimum absolute atomic E-state index is 0.00200. The summed E-state index contributed by atoms with van der Waals surface area (Å²) in [5, 5.41) is 0. The van der Waals surface area contributed by atoms with Gasteiger partial charge in [-0.25, -0.2) is 4.57 Å². The molecule has 0 aromatic carbocycles. The lowest BCUT2D eigenvalue weighted by molar-refractivity contribution is -0.137. The average Bonchev–Trinajstić information content (AvgIpc) is 3.03. The second-order valence-corrected chi connectivity index (χ2v) is 16.7. The SMILES string of the molecule is C[C@H]([C@H](C)CCC(C)(C)C)[C@H]1CC[C@@]2(C)C3=CC(=O)[C@@H]4C[C@@H](OP(=O)(O)O)[C@@H](C)C[C@]4(C)C3CC[C@]12C. The van der Waals surface area contributed by atoms with Gasteiger partial charge in [0.15, 0.2) is 5.78 Å². The maximum atomic E-state index is 13.7. The predicted molar refractivity (Wildman–Crippen MR) is 149 cm³/mol. The number of ketones is 1. The Kier molecular flexibility index (Phi) is 7.63. The number of fused-ring (bicyclic) bond motifs is 5. The van der Waals surface area contributed by atoms with E-state index in [4.69, 9.17) is 4.52 Å². The van der Waals surface area contributed by atoms with Crippen molar-refractivity contribution >= 4 is 13.6 Å². The molecule has 0 aliphatic heterocycles. The minimum atomic E-state index is -4.59. The molecule has 0 heterocycles. The highest BCUT2D eigenvalue weighted by Gasteiger charge is 2.65. The molecule has 0 radical (unpaired) electrons. The fourth-order valence-corrected chi connectivity index (χ4v) is 10.2. The largest absolute Gasteiger partial charge is 0.469 e. The fourth-order valence-electron chi connectivity index (χ4n) is 9.59. The van der Waals surface area contributed by atoms with Gasteiger partial charge in [0.25, 0.3) is 0 Å². The van der Waals surface area contributed by atoms with Crippen LogP contribution in [-0.4, -0.2) is 21.7 Å². The molecule has 10 atom stereocenters. The first-order valence-electron chi connectivity index (χ1n) is 14.8. The maximum Gasteiger partial charge on any atom is 0.469 e. The van der Waals surface area contributed by atoms with Gasteiger partial charge in [-0.3, -0.25) is 9.32 Å². The van der Waals surface area contributed by atoms with Gasteiger partial charge < -0.3 is 9.79 Å². The van der Waals surface area contributed by atoms with E-state index in [2.05, 4.69) is 55.4 Å². The van der Waals surface area contributed by atoms with Crippen LogP contribution in [0.25, 0.3) is 0 Å². The minimum Gasteiger partial charge on any atom is -0.303 e. The van der Waals surface area contributed by atoms with Crippen molar-refractivity contribution in [3.8, 4) is 0 Å². The van der Waals surface area contributed by atoms with E-state index in [9.17, 15) is 19.1 Å². The van der Waals surface area contributed by atoms with Gasteiger partial charge in [0.05, 0.1) is 6.10 Å². The van der Waals surface area contributed by atoms with Crippen molar-refractivity contribution in [2.24, 2.45) is 57.2 Å². The average molecular weight is 537 g/mol. The number of rotatable bonds is 6. The third-order valence-electron chi connectivity index (χ3n) is 12.3. The van der Waals surface area contributed by atoms with Gasteiger partial charge in [0, 0.05) is 5.92 Å². The monoisotopic (exact) mass is 536 g/mol. The summed E-state index contributed by atoms with van der Waals surface area (Å²) in [6.07, 6.45) is 9.81. The summed E-state index contributed by atoms with van der Waals surface area (Å²) in [5.41, 5.74) is 1.81. The van der Waals surface area contributed by atoms with Gasteiger partial charge in [0.1, 0.15) is 0 Å². The Morgan fingerprint density at radius 3 is 2.35 bits per heavy atom. The Bertz CT molecular complexity index is 977. The second-order valence-electron chi connectivity index (χ2n) is 15.5. The van der Waals surface area contributed by atoms with Crippen LogP contribution < -0.4 is 0 Å². The van der Waals surface area contributed by atoms with Crippen molar-refractivity contribution in [3.05, 3.63) is 11.6 Å². The van der Waals surface area contributed by atoms with Gasteiger partial charge in [-0.05, 0) is 109 Å². The lowest BCUT2D eigenvalue weighted by atomic mass is 9.42. The van der Waals surface area contributed by atoms with Gasteiger partial charge >= 0.3 is 7.82 Å². The molecule has 212 valence electrons. The molecule has 5 nitrogen and oxygen atoms in total. The van der Waals surface area contributed by atoms with Crippen LogP contribution in [0.2, 0.25) is 0 Å². The molecule has 4 aliphatic rings. The van der Waals surface area contributed by atoms with Crippen LogP contribution in [0.5, 0.6) is 0 Å². The van der Waals surface area contributed by atoms with Gasteiger partial charge in [0.2, 0.25) is 0 Å². The Morgan fingerprint density at radius 1 is 1.11 bits per heavy atom. The number of carbonyl (C=O) groups excluding carboxylic acids is 1. The molecule has 1 unspecified atom stereocenters. The molecule has 0 amide bonds. The van der Waals surface area contributed by atoms with Crippen LogP contribution in [0, 0.1) is 57.2 Å². The molecule has 0 spiro atoms. The number of carbonyl (C=O) groups is 1. The number of phosphoric acid groups is 1. The van der Waals surface area contributed by atoms with Crippen molar-refractivity contribution in [1.82, 2.24) is 0 Å². The van der Waals surface area contributed by atoms with E-state index in [0.29, 0.717) is 35.5 Å². The molecule has 2 N–H and O–H groups in total. The summed E-state index contributed by atoms with van der Waals surface area (Å²) in [6.45, 7) is 21.3. The van der Waals surface area contributed by atoms with E-state index in [-0.39, 0.29) is 33.9 Å². The highest BCUT2D eigenvalue weighted by molar-refractivity contribution is 7.46.